The zero-order valence-corrected chi connectivity index (χ0v) is 17.8. The molecule has 2 unspecified atom stereocenters. The topological polar surface area (TPSA) is 111 Å². The van der Waals surface area contributed by atoms with Gasteiger partial charge in [0.2, 0.25) is 10.0 Å². The van der Waals surface area contributed by atoms with Gasteiger partial charge in [0.1, 0.15) is 0 Å². The van der Waals surface area contributed by atoms with Crippen LogP contribution in [0, 0.1) is 0 Å². The zero-order chi connectivity index (χ0) is 21.9. The monoisotopic (exact) mass is 432 g/mol. The Morgan fingerprint density at radius 1 is 1.20 bits per heavy atom. The second kappa shape index (κ2) is 8.55. The molecule has 9 heteroatoms. The van der Waals surface area contributed by atoms with Crippen molar-refractivity contribution in [2.24, 2.45) is 0 Å². The smallest absolute Gasteiger partial charge is 0.339 e. The minimum Gasteiger partial charge on any atom is -0.445 e. The molecule has 0 radical (unpaired) electrons. The summed E-state index contributed by atoms with van der Waals surface area (Å²) in [6, 6.07) is 12.4. The molecule has 0 spiro atoms. The van der Waals surface area contributed by atoms with Crippen LogP contribution in [0.1, 0.15) is 29.8 Å². The molecule has 0 saturated heterocycles. The first-order valence-electron chi connectivity index (χ1n) is 9.39. The number of hydrogen-bond donors (Lipinski definition) is 2. The molecule has 2 aromatic rings. The van der Waals surface area contributed by atoms with Gasteiger partial charge < -0.3 is 14.8 Å². The highest BCUT2D eigenvalue weighted by molar-refractivity contribution is 7.89. The van der Waals surface area contributed by atoms with Crippen LogP contribution in [-0.2, 0) is 30.7 Å². The Labute approximate surface area is 175 Å². The summed E-state index contributed by atoms with van der Waals surface area (Å²) in [5.41, 5.74) is 0.213. The third-order valence-electron chi connectivity index (χ3n) is 4.76. The number of carbonyl (C=O) groups excluding carboxylic acids is 2. The van der Waals surface area contributed by atoms with Crippen LogP contribution in [0.2, 0.25) is 0 Å². The van der Waals surface area contributed by atoms with Gasteiger partial charge in [-0.25, -0.2) is 17.9 Å². The van der Waals surface area contributed by atoms with Crippen molar-refractivity contribution in [3.8, 4) is 0 Å². The van der Waals surface area contributed by atoms with Crippen molar-refractivity contribution in [1.29, 1.82) is 0 Å². The van der Waals surface area contributed by atoms with Gasteiger partial charge in [-0.05, 0) is 49.7 Å². The predicted octanol–water partition coefficient (Wildman–Crippen LogP) is 2.11. The van der Waals surface area contributed by atoms with Crippen LogP contribution < -0.4 is 10.0 Å². The highest BCUT2D eigenvalue weighted by atomic mass is 32.2. The van der Waals surface area contributed by atoms with E-state index in [2.05, 4.69) is 10.0 Å². The molecule has 1 heterocycles. The van der Waals surface area contributed by atoms with Gasteiger partial charge in [0.15, 0.2) is 5.60 Å². The van der Waals surface area contributed by atoms with E-state index in [4.69, 9.17) is 9.47 Å². The molecule has 0 aliphatic carbocycles. The minimum atomic E-state index is -3.71. The largest absolute Gasteiger partial charge is 0.445 e. The Morgan fingerprint density at radius 3 is 2.53 bits per heavy atom. The van der Waals surface area contributed by atoms with Gasteiger partial charge in [0, 0.05) is 25.3 Å². The number of cyclic esters (lactones) is 1. The van der Waals surface area contributed by atoms with Gasteiger partial charge in [-0.15, -0.1) is 0 Å². The molecule has 160 valence electrons. The molecular weight excluding hydrogens is 408 g/mol. The molecular formula is C21H24N2O6S. The molecule has 2 atom stereocenters. The molecule has 0 fully saturated rings. The number of hydrogen-bond acceptors (Lipinski definition) is 6. The number of fused-ring (bicyclic) bond motifs is 1. The molecule has 0 saturated carbocycles. The summed E-state index contributed by atoms with van der Waals surface area (Å²) in [6.07, 6.45) is 0.245. The fraction of sp³-hybridized carbons (Fsp3) is 0.333. The molecule has 1 amide bonds. The van der Waals surface area contributed by atoms with Crippen molar-refractivity contribution in [3.63, 3.8) is 0 Å². The van der Waals surface area contributed by atoms with Gasteiger partial charge in [0.25, 0.3) is 5.91 Å². The van der Waals surface area contributed by atoms with Crippen molar-refractivity contribution in [3.05, 3.63) is 59.7 Å². The maximum atomic E-state index is 12.8. The Morgan fingerprint density at radius 2 is 1.87 bits per heavy atom. The van der Waals surface area contributed by atoms with Gasteiger partial charge in [0.05, 0.1) is 17.1 Å². The maximum absolute atomic E-state index is 12.8. The minimum absolute atomic E-state index is 0.0627. The van der Waals surface area contributed by atoms with E-state index in [-0.39, 0.29) is 24.0 Å². The lowest BCUT2D eigenvalue weighted by molar-refractivity contribution is -0.134. The van der Waals surface area contributed by atoms with Crippen LogP contribution in [-0.4, -0.2) is 45.7 Å². The van der Waals surface area contributed by atoms with Crippen molar-refractivity contribution in [2.75, 3.05) is 19.0 Å². The van der Waals surface area contributed by atoms with Crippen LogP contribution in [0.4, 0.5) is 5.69 Å². The number of ether oxygens (including phenoxy) is 2. The van der Waals surface area contributed by atoms with E-state index in [9.17, 15) is 18.0 Å². The summed E-state index contributed by atoms with van der Waals surface area (Å²) in [7, 11) is -2.22. The number of rotatable bonds is 7. The fourth-order valence-corrected chi connectivity index (χ4v) is 4.49. The van der Waals surface area contributed by atoms with Crippen LogP contribution in [0.3, 0.4) is 0 Å². The van der Waals surface area contributed by atoms with Gasteiger partial charge in [-0.3, -0.25) is 4.79 Å². The standard InChI is InChI=1S/C21H24N2O6S/c1-14(13-28-3)23-30(26,27)17-10-8-16(9-11-17)22-20(25)21(2)12-15-6-4-5-7-18(15)19(24)29-21/h4-11,14,23H,12-13H2,1-3H3,(H,22,25). The molecule has 8 nitrogen and oxygen atoms in total. The highest BCUT2D eigenvalue weighted by Gasteiger charge is 2.42. The quantitative estimate of drug-likeness (QED) is 0.649. The average Bonchev–Trinajstić information content (AvgIpc) is 2.68. The molecule has 0 aromatic heterocycles. The summed E-state index contributed by atoms with van der Waals surface area (Å²) >= 11 is 0. The lowest BCUT2D eigenvalue weighted by Gasteiger charge is -2.33. The Bertz CT molecular complexity index is 1050. The number of carbonyl (C=O) groups is 2. The summed E-state index contributed by atoms with van der Waals surface area (Å²) < 4.78 is 37.6. The number of benzene rings is 2. The fourth-order valence-electron chi connectivity index (χ4n) is 3.26. The molecule has 0 bridgehead atoms. The first kappa shape index (κ1) is 21.9. The second-order valence-electron chi connectivity index (χ2n) is 7.41. The van der Waals surface area contributed by atoms with Crippen molar-refractivity contribution in [1.82, 2.24) is 4.72 Å². The Hall–Kier alpha value is -2.75. The van der Waals surface area contributed by atoms with Crippen LogP contribution in [0.15, 0.2) is 53.4 Å². The third-order valence-corrected chi connectivity index (χ3v) is 6.36. The van der Waals surface area contributed by atoms with Gasteiger partial charge >= 0.3 is 5.97 Å². The number of sulfonamides is 1. The van der Waals surface area contributed by atoms with Gasteiger partial charge in [-0.2, -0.15) is 0 Å². The summed E-state index contributed by atoms with van der Waals surface area (Å²) in [5.74, 6) is -1.04. The van der Waals surface area contributed by atoms with E-state index in [1.54, 1.807) is 38.1 Å². The van der Waals surface area contributed by atoms with Crippen LogP contribution in [0.5, 0.6) is 0 Å². The summed E-state index contributed by atoms with van der Waals surface area (Å²) in [4.78, 5) is 25.1. The highest BCUT2D eigenvalue weighted by Crippen LogP contribution is 2.29. The zero-order valence-electron chi connectivity index (χ0n) is 17.0. The van der Waals surface area contributed by atoms with E-state index in [1.165, 1.54) is 31.4 Å². The molecule has 3 rings (SSSR count). The molecule has 2 N–H and O–H groups in total. The van der Waals surface area contributed by atoms with E-state index in [1.807, 2.05) is 0 Å². The molecule has 1 aliphatic rings. The Kier molecular flexibility index (Phi) is 6.25. The van der Waals surface area contributed by atoms with Crippen molar-refractivity contribution in [2.45, 2.75) is 36.8 Å². The number of nitrogens with one attached hydrogen (secondary N) is 2. The van der Waals surface area contributed by atoms with Crippen molar-refractivity contribution >= 4 is 27.6 Å². The molecule has 30 heavy (non-hydrogen) atoms. The van der Waals surface area contributed by atoms with Crippen molar-refractivity contribution < 1.29 is 27.5 Å². The number of methoxy groups -OCH3 is 1. The SMILES string of the molecule is COCC(C)NS(=O)(=O)c1ccc(NC(=O)C2(C)Cc3ccccc3C(=O)O2)cc1. The van der Waals surface area contributed by atoms with E-state index in [0.29, 0.717) is 11.3 Å². The molecule has 2 aromatic carbocycles. The Balaban J connectivity index is 1.71. The van der Waals surface area contributed by atoms with Gasteiger partial charge in [-0.1, -0.05) is 18.2 Å². The number of esters is 1. The van der Waals surface area contributed by atoms with E-state index >= 15 is 0 Å². The lowest BCUT2D eigenvalue weighted by atomic mass is 9.89. The second-order valence-corrected chi connectivity index (χ2v) is 9.12. The third kappa shape index (κ3) is 4.69. The average molecular weight is 432 g/mol. The lowest BCUT2D eigenvalue weighted by Crippen LogP contribution is -2.48. The number of anilines is 1. The van der Waals surface area contributed by atoms with E-state index in [0.717, 1.165) is 5.56 Å². The van der Waals surface area contributed by atoms with Crippen LogP contribution in [0.25, 0.3) is 0 Å². The summed E-state index contributed by atoms with van der Waals surface area (Å²) in [5, 5.41) is 2.69. The molecule has 1 aliphatic heterocycles. The maximum Gasteiger partial charge on any atom is 0.339 e. The first-order chi connectivity index (χ1) is 14.1. The normalized spacial score (nSPS) is 19.5. The first-order valence-corrected chi connectivity index (χ1v) is 10.9. The summed E-state index contributed by atoms with van der Waals surface area (Å²) in [6.45, 7) is 3.49. The predicted molar refractivity (Wildman–Crippen MR) is 111 cm³/mol. The van der Waals surface area contributed by atoms with Crippen LogP contribution >= 0.6 is 0 Å². The van der Waals surface area contributed by atoms with E-state index < -0.39 is 27.5 Å². The number of amides is 1.